The summed E-state index contributed by atoms with van der Waals surface area (Å²) in [6, 6.07) is 0. The van der Waals surface area contributed by atoms with Gasteiger partial charge in [-0.15, -0.1) is 0 Å². The molecule has 0 amide bonds. The maximum atomic E-state index is 10.9. The lowest BCUT2D eigenvalue weighted by molar-refractivity contribution is -0.212. The molecule has 0 saturated heterocycles. The second-order valence-electron chi connectivity index (χ2n) is 15.7. The molecule has 188 valence electrons. The van der Waals surface area contributed by atoms with Gasteiger partial charge in [-0.3, -0.25) is 0 Å². The van der Waals surface area contributed by atoms with Gasteiger partial charge >= 0.3 is 0 Å². The van der Waals surface area contributed by atoms with Crippen molar-refractivity contribution >= 4 is 0 Å². The largest absolute Gasteiger partial charge is 0.396 e. The van der Waals surface area contributed by atoms with Gasteiger partial charge in [0.05, 0.1) is 6.10 Å². The minimum Gasteiger partial charge on any atom is -0.396 e. The molecule has 4 fully saturated rings. The first kappa shape index (κ1) is 24.4. The summed E-state index contributed by atoms with van der Waals surface area (Å²) in [5, 5.41) is 21.7. The van der Waals surface area contributed by atoms with Gasteiger partial charge in [-0.2, -0.15) is 0 Å². The zero-order valence-electron chi connectivity index (χ0n) is 23.0. The minimum atomic E-state index is -0.159. The van der Waals surface area contributed by atoms with E-state index in [0.29, 0.717) is 34.7 Å². The van der Waals surface area contributed by atoms with Gasteiger partial charge in [0.15, 0.2) is 0 Å². The first-order valence-corrected chi connectivity index (χ1v) is 14.1. The molecule has 33 heavy (non-hydrogen) atoms. The highest BCUT2D eigenvalue weighted by Crippen LogP contribution is 2.78. The Balaban J connectivity index is 1.62. The normalized spacial score (nSPS) is 54.8. The van der Waals surface area contributed by atoms with Crippen molar-refractivity contribution in [3.63, 3.8) is 0 Å². The predicted molar refractivity (Wildman–Crippen MR) is 137 cm³/mol. The first-order chi connectivity index (χ1) is 15.1. The Morgan fingerprint density at radius 2 is 1.45 bits per heavy atom. The third kappa shape index (κ3) is 2.80. The van der Waals surface area contributed by atoms with Crippen molar-refractivity contribution in [2.24, 2.45) is 49.7 Å². The zero-order valence-corrected chi connectivity index (χ0v) is 23.0. The molecular formula is C31H52O2. The monoisotopic (exact) mass is 456 g/mol. The van der Waals surface area contributed by atoms with Gasteiger partial charge in [-0.05, 0) is 109 Å². The summed E-state index contributed by atoms with van der Waals surface area (Å²) in [4.78, 5) is 0. The maximum Gasteiger partial charge on any atom is 0.0594 e. The molecule has 2 unspecified atom stereocenters. The van der Waals surface area contributed by atoms with Crippen molar-refractivity contribution in [2.75, 3.05) is 6.61 Å². The molecule has 8 atom stereocenters. The molecule has 5 rings (SSSR count). The van der Waals surface area contributed by atoms with Gasteiger partial charge in [-0.1, -0.05) is 67.0 Å². The molecule has 5 aliphatic rings. The summed E-state index contributed by atoms with van der Waals surface area (Å²) in [6.45, 7) is 20.4. The van der Waals surface area contributed by atoms with Gasteiger partial charge in [0.25, 0.3) is 0 Å². The Bertz CT molecular complexity index is 855. The van der Waals surface area contributed by atoms with Crippen LogP contribution in [0.5, 0.6) is 0 Å². The molecule has 2 heteroatoms. The lowest BCUT2D eigenvalue weighted by Gasteiger charge is -2.73. The van der Waals surface area contributed by atoms with Crippen LogP contribution in [0.2, 0.25) is 0 Å². The molecule has 0 aliphatic heterocycles. The molecule has 2 nitrogen and oxygen atoms in total. The van der Waals surface area contributed by atoms with E-state index in [1.807, 2.05) is 0 Å². The van der Waals surface area contributed by atoms with Crippen LogP contribution in [-0.4, -0.2) is 22.9 Å². The Labute approximate surface area is 204 Å². The lowest BCUT2D eigenvalue weighted by atomic mass is 9.31. The molecular weight excluding hydrogens is 404 g/mol. The molecule has 0 aromatic carbocycles. The Morgan fingerprint density at radius 1 is 0.788 bits per heavy atom. The fourth-order valence-corrected chi connectivity index (χ4v) is 11.4. The summed E-state index contributed by atoms with van der Waals surface area (Å²) >= 11 is 0. The topological polar surface area (TPSA) is 40.5 Å². The average Bonchev–Trinajstić information content (AvgIpc) is 2.71. The van der Waals surface area contributed by atoms with Crippen LogP contribution in [-0.2, 0) is 0 Å². The van der Waals surface area contributed by atoms with Gasteiger partial charge in [0, 0.05) is 12.0 Å². The number of hydrogen-bond donors (Lipinski definition) is 2. The number of aliphatic hydroxyl groups is 2. The molecule has 0 heterocycles. The Morgan fingerprint density at radius 3 is 2.12 bits per heavy atom. The summed E-state index contributed by atoms with van der Waals surface area (Å²) in [6.07, 6.45) is 14.4. The Hall–Kier alpha value is -0.340. The highest BCUT2D eigenvalue weighted by molar-refractivity contribution is 5.37. The second kappa shape index (κ2) is 6.90. The van der Waals surface area contributed by atoms with Gasteiger partial charge in [0.1, 0.15) is 0 Å². The van der Waals surface area contributed by atoms with Crippen molar-refractivity contribution in [1.29, 1.82) is 0 Å². The fraction of sp³-hybridized carbons (Fsp3) is 0.935. The summed E-state index contributed by atoms with van der Waals surface area (Å²) in [5.74, 6) is 1.29. The first-order valence-electron chi connectivity index (χ1n) is 14.1. The van der Waals surface area contributed by atoms with Crippen LogP contribution in [0.4, 0.5) is 0 Å². The van der Waals surface area contributed by atoms with Crippen LogP contribution in [0, 0.1) is 49.7 Å². The second-order valence-corrected chi connectivity index (χ2v) is 15.7. The van der Waals surface area contributed by atoms with Crippen molar-refractivity contribution in [1.82, 2.24) is 0 Å². The van der Waals surface area contributed by atoms with Crippen LogP contribution < -0.4 is 0 Å². The van der Waals surface area contributed by atoms with Crippen molar-refractivity contribution in [3.05, 3.63) is 11.6 Å². The van der Waals surface area contributed by atoms with Crippen LogP contribution >= 0.6 is 0 Å². The summed E-state index contributed by atoms with van der Waals surface area (Å²) in [7, 11) is 0. The number of allylic oxidation sites excluding steroid dienone is 2. The molecule has 2 N–H and O–H groups in total. The quantitative estimate of drug-likeness (QED) is 0.400. The van der Waals surface area contributed by atoms with Crippen molar-refractivity contribution in [2.45, 2.75) is 126 Å². The van der Waals surface area contributed by atoms with Crippen LogP contribution in [0.15, 0.2) is 11.6 Å². The molecule has 0 radical (unpaired) electrons. The predicted octanol–water partition coefficient (Wildman–Crippen LogP) is 7.53. The van der Waals surface area contributed by atoms with E-state index in [1.54, 1.807) is 5.57 Å². The number of rotatable bonds is 1. The molecule has 0 aromatic heterocycles. The van der Waals surface area contributed by atoms with Crippen molar-refractivity contribution in [3.8, 4) is 0 Å². The van der Waals surface area contributed by atoms with Crippen LogP contribution in [0.25, 0.3) is 0 Å². The van der Waals surface area contributed by atoms with Gasteiger partial charge in [-0.25, -0.2) is 0 Å². The molecule has 0 bridgehead atoms. The van der Waals surface area contributed by atoms with E-state index in [-0.39, 0.29) is 27.8 Å². The minimum absolute atomic E-state index is 0.0111. The Kier molecular flexibility index (Phi) is 5.10. The van der Waals surface area contributed by atoms with Gasteiger partial charge in [0.2, 0.25) is 0 Å². The standard InChI is InChI=1S/C31H52O2/c1-25(2)15-17-31(20-32)18-16-29(7)23(30(31,8)19-25)10-9-22-27(5)13-12-24(33)26(3,4)21(27)11-14-28(22,29)6/h10,21-22,24,32-33H,9,11-20H2,1-8H3/t21?,22?,24-,27-,28+,29+,30-,31+/m0/s1. The highest BCUT2D eigenvalue weighted by Gasteiger charge is 2.70. The average molecular weight is 457 g/mol. The zero-order chi connectivity index (χ0) is 24.3. The number of hydrogen-bond acceptors (Lipinski definition) is 2. The van der Waals surface area contributed by atoms with Crippen molar-refractivity contribution < 1.29 is 10.2 Å². The summed E-state index contributed by atoms with van der Waals surface area (Å²) in [5.41, 5.74) is 3.06. The summed E-state index contributed by atoms with van der Waals surface area (Å²) < 4.78 is 0. The number of aliphatic hydroxyl groups excluding tert-OH is 2. The van der Waals surface area contributed by atoms with E-state index in [0.717, 1.165) is 6.42 Å². The van der Waals surface area contributed by atoms with E-state index in [1.165, 1.54) is 57.8 Å². The third-order valence-electron chi connectivity index (χ3n) is 13.7. The lowest BCUT2D eigenvalue weighted by Crippen LogP contribution is -2.66. The third-order valence-corrected chi connectivity index (χ3v) is 13.7. The van der Waals surface area contributed by atoms with E-state index in [4.69, 9.17) is 0 Å². The van der Waals surface area contributed by atoms with E-state index < -0.39 is 0 Å². The smallest absolute Gasteiger partial charge is 0.0594 e. The SMILES string of the molecule is CC1(C)CC[C@]2(CO)CC[C@]3(C)C(=CCC4[C@@]5(C)CC[C@H](O)C(C)(C)C5CC[C@]43C)[C@]2(C)C1. The van der Waals surface area contributed by atoms with E-state index in [2.05, 4.69) is 61.5 Å². The van der Waals surface area contributed by atoms with E-state index in [9.17, 15) is 10.2 Å². The van der Waals surface area contributed by atoms with Gasteiger partial charge < -0.3 is 10.2 Å². The maximum absolute atomic E-state index is 10.9. The van der Waals surface area contributed by atoms with Crippen LogP contribution in [0.1, 0.15) is 120 Å². The van der Waals surface area contributed by atoms with Crippen LogP contribution in [0.3, 0.4) is 0 Å². The molecule has 0 aromatic rings. The number of fused-ring (bicyclic) bond motifs is 7. The fourth-order valence-electron chi connectivity index (χ4n) is 11.4. The molecule has 4 saturated carbocycles. The highest BCUT2D eigenvalue weighted by atomic mass is 16.3. The molecule has 0 spiro atoms. The molecule has 5 aliphatic carbocycles. The van der Waals surface area contributed by atoms with E-state index >= 15 is 0 Å².